The number of nitrogens with one attached hydrogen (secondary N) is 1. The Morgan fingerprint density at radius 1 is 1.29 bits per heavy atom. The van der Waals surface area contributed by atoms with Crippen molar-refractivity contribution < 1.29 is 4.74 Å². The van der Waals surface area contributed by atoms with Crippen molar-refractivity contribution in [1.82, 2.24) is 10.2 Å². The van der Waals surface area contributed by atoms with Crippen LogP contribution in [0.5, 0.6) is 5.75 Å². The maximum Gasteiger partial charge on any atom is 0.123 e. The van der Waals surface area contributed by atoms with Crippen LogP contribution in [0.1, 0.15) is 25.8 Å². The van der Waals surface area contributed by atoms with Crippen LogP contribution in [-0.2, 0) is 6.54 Å². The van der Waals surface area contributed by atoms with Gasteiger partial charge < -0.3 is 10.1 Å². The summed E-state index contributed by atoms with van der Waals surface area (Å²) in [6.45, 7) is 9.70. The Morgan fingerprint density at radius 3 is 2.90 bits per heavy atom. The second-order valence-electron chi connectivity index (χ2n) is 6.19. The van der Waals surface area contributed by atoms with Gasteiger partial charge in [-0.1, -0.05) is 32.0 Å². The minimum absolute atomic E-state index is 0.426. The van der Waals surface area contributed by atoms with Gasteiger partial charge in [0.25, 0.3) is 0 Å². The van der Waals surface area contributed by atoms with Gasteiger partial charge in [-0.25, -0.2) is 0 Å². The number of hydrogen-bond acceptors (Lipinski definition) is 4. The summed E-state index contributed by atoms with van der Waals surface area (Å²) in [4.78, 5) is 2.53. The summed E-state index contributed by atoms with van der Waals surface area (Å²) in [6.07, 6.45) is 1.26. The van der Waals surface area contributed by atoms with E-state index in [1.54, 1.807) is 0 Å². The van der Waals surface area contributed by atoms with Gasteiger partial charge in [0.1, 0.15) is 12.4 Å². The van der Waals surface area contributed by atoms with Gasteiger partial charge in [-0.2, -0.15) is 11.8 Å². The molecule has 2 rings (SSSR count). The zero-order valence-electron chi connectivity index (χ0n) is 13.5. The molecule has 0 bridgehead atoms. The van der Waals surface area contributed by atoms with Crippen molar-refractivity contribution in [3.8, 4) is 5.75 Å². The van der Waals surface area contributed by atoms with Crippen LogP contribution in [0.4, 0.5) is 0 Å². The van der Waals surface area contributed by atoms with Gasteiger partial charge in [-0.15, -0.1) is 0 Å². The van der Waals surface area contributed by atoms with Crippen molar-refractivity contribution in [2.75, 3.05) is 39.0 Å². The molecule has 0 amide bonds. The lowest BCUT2D eigenvalue weighted by Crippen LogP contribution is -2.31. The quantitative estimate of drug-likeness (QED) is 0.873. The summed E-state index contributed by atoms with van der Waals surface area (Å²) in [6, 6.07) is 8.29. The SMILES string of the molecule is CNCc1ccccc1OCCN1CCSC(C)(C)CC1. The van der Waals surface area contributed by atoms with Crippen LogP contribution >= 0.6 is 11.8 Å². The topological polar surface area (TPSA) is 24.5 Å². The summed E-state index contributed by atoms with van der Waals surface area (Å²) in [5, 5.41) is 3.19. The van der Waals surface area contributed by atoms with Crippen molar-refractivity contribution in [3.05, 3.63) is 29.8 Å². The molecule has 1 aliphatic rings. The molecule has 1 aromatic carbocycles. The Kier molecular flexibility index (Phi) is 6.40. The first-order valence-electron chi connectivity index (χ1n) is 7.82. The highest BCUT2D eigenvalue weighted by molar-refractivity contribution is 8.00. The molecular formula is C17H28N2OS. The lowest BCUT2D eigenvalue weighted by molar-refractivity contribution is 0.213. The van der Waals surface area contributed by atoms with E-state index in [-0.39, 0.29) is 0 Å². The Bertz CT molecular complexity index is 437. The molecule has 0 spiro atoms. The second kappa shape index (κ2) is 8.06. The number of hydrogen-bond donors (Lipinski definition) is 1. The number of thioether (sulfide) groups is 1. The Morgan fingerprint density at radius 2 is 2.10 bits per heavy atom. The van der Waals surface area contributed by atoms with Gasteiger partial charge in [-0.05, 0) is 26.1 Å². The number of rotatable bonds is 6. The number of ether oxygens (including phenoxy) is 1. The molecule has 0 atom stereocenters. The molecule has 0 unspecified atom stereocenters. The third kappa shape index (κ3) is 5.53. The summed E-state index contributed by atoms with van der Waals surface area (Å²) in [7, 11) is 1.97. The fraction of sp³-hybridized carbons (Fsp3) is 0.647. The summed E-state index contributed by atoms with van der Waals surface area (Å²) >= 11 is 2.09. The molecule has 1 fully saturated rings. The van der Waals surface area contributed by atoms with E-state index in [0.29, 0.717) is 4.75 Å². The summed E-state index contributed by atoms with van der Waals surface area (Å²) in [5.41, 5.74) is 1.23. The molecule has 118 valence electrons. The molecule has 0 radical (unpaired) electrons. The van der Waals surface area contributed by atoms with Crippen molar-refractivity contribution in [3.63, 3.8) is 0 Å². The van der Waals surface area contributed by atoms with Crippen LogP contribution in [0.15, 0.2) is 24.3 Å². The predicted octanol–water partition coefficient (Wildman–Crippen LogP) is 3.00. The van der Waals surface area contributed by atoms with Crippen LogP contribution in [0.25, 0.3) is 0 Å². The average Bonchev–Trinajstić information content (AvgIpc) is 2.62. The first kappa shape index (κ1) is 16.7. The van der Waals surface area contributed by atoms with Crippen molar-refractivity contribution in [2.45, 2.75) is 31.6 Å². The van der Waals surface area contributed by atoms with E-state index in [1.807, 2.05) is 13.1 Å². The highest BCUT2D eigenvalue weighted by Crippen LogP contribution is 2.30. The lowest BCUT2D eigenvalue weighted by atomic mass is 10.1. The average molecular weight is 308 g/mol. The zero-order chi connectivity index (χ0) is 15.1. The van der Waals surface area contributed by atoms with E-state index in [0.717, 1.165) is 25.4 Å². The molecule has 0 aliphatic carbocycles. The zero-order valence-corrected chi connectivity index (χ0v) is 14.3. The molecule has 21 heavy (non-hydrogen) atoms. The summed E-state index contributed by atoms with van der Waals surface area (Å²) < 4.78 is 6.42. The third-order valence-electron chi connectivity index (χ3n) is 3.94. The van der Waals surface area contributed by atoms with Gasteiger partial charge >= 0.3 is 0 Å². The largest absolute Gasteiger partial charge is 0.492 e. The van der Waals surface area contributed by atoms with E-state index < -0.39 is 0 Å². The number of benzene rings is 1. The van der Waals surface area contributed by atoms with Crippen molar-refractivity contribution >= 4 is 11.8 Å². The number of nitrogens with zero attached hydrogens (tertiary/aromatic N) is 1. The smallest absolute Gasteiger partial charge is 0.123 e. The molecule has 0 aromatic heterocycles. The maximum absolute atomic E-state index is 6.00. The molecule has 1 N–H and O–H groups in total. The third-order valence-corrected chi connectivity index (χ3v) is 5.31. The molecule has 1 aliphatic heterocycles. The lowest BCUT2D eigenvalue weighted by Gasteiger charge is -2.22. The van der Waals surface area contributed by atoms with Gasteiger partial charge in [0.2, 0.25) is 0 Å². The highest BCUT2D eigenvalue weighted by atomic mass is 32.2. The Hall–Kier alpha value is -0.710. The van der Waals surface area contributed by atoms with Crippen LogP contribution in [-0.4, -0.2) is 48.7 Å². The molecule has 4 heteroatoms. The van der Waals surface area contributed by atoms with Gasteiger partial charge in [-0.3, -0.25) is 4.90 Å². The first-order valence-corrected chi connectivity index (χ1v) is 8.81. The van der Waals surface area contributed by atoms with E-state index in [2.05, 4.69) is 54.0 Å². The maximum atomic E-state index is 6.00. The van der Waals surface area contributed by atoms with E-state index in [1.165, 1.54) is 30.8 Å². The number of para-hydroxylation sites is 1. The standard InChI is InChI=1S/C17H28N2OS/c1-17(2)8-9-19(11-13-21-17)10-12-20-16-7-5-4-6-15(16)14-18-3/h4-7,18H,8-14H2,1-3H3. The Labute approximate surface area is 133 Å². The second-order valence-corrected chi connectivity index (χ2v) is 7.99. The van der Waals surface area contributed by atoms with Crippen LogP contribution in [0.2, 0.25) is 0 Å². The fourth-order valence-electron chi connectivity index (χ4n) is 2.55. The van der Waals surface area contributed by atoms with Crippen LogP contribution < -0.4 is 10.1 Å². The monoisotopic (exact) mass is 308 g/mol. The van der Waals surface area contributed by atoms with Crippen LogP contribution in [0.3, 0.4) is 0 Å². The molecular weight excluding hydrogens is 280 g/mol. The van der Waals surface area contributed by atoms with Crippen LogP contribution in [0, 0.1) is 0 Å². The first-order chi connectivity index (χ1) is 10.1. The molecule has 1 saturated heterocycles. The minimum atomic E-state index is 0.426. The van der Waals surface area contributed by atoms with E-state index in [4.69, 9.17) is 4.74 Å². The van der Waals surface area contributed by atoms with Gasteiger partial charge in [0.15, 0.2) is 0 Å². The van der Waals surface area contributed by atoms with Gasteiger partial charge in [0, 0.05) is 35.7 Å². The Balaban J connectivity index is 1.79. The van der Waals surface area contributed by atoms with Gasteiger partial charge in [0.05, 0.1) is 0 Å². The summed E-state index contributed by atoms with van der Waals surface area (Å²) in [5.74, 6) is 2.24. The van der Waals surface area contributed by atoms with E-state index >= 15 is 0 Å². The van der Waals surface area contributed by atoms with Crippen molar-refractivity contribution in [1.29, 1.82) is 0 Å². The predicted molar refractivity (Wildman–Crippen MR) is 92.3 cm³/mol. The minimum Gasteiger partial charge on any atom is -0.492 e. The molecule has 3 nitrogen and oxygen atoms in total. The fourth-order valence-corrected chi connectivity index (χ4v) is 3.69. The normalized spacial score (nSPS) is 19.2. The highest BCUT2D eigenvalue weighted by Gasteiger charge is 2.23. The molecule has 1 heterocycles. The van der Waals surface area contributed by atoms with Crippen molar-refractivity contribution in [2.24, 2.45) is 0 Å². The molecule has 0 saturated carbocycles. The van der Waals surface area contributed by atoms with E-state index in [9.17, 15) is 0 Å². The molecule has 1 aromatic rings.